The molecule has 12 heteroatoms. The third-order valence-corrected chi connectivity index (χ3v) is 7.89. The van der Waals surface area contributed by atoms with E-state index in [1.54, 1.807) is 41.3 Å². The topological polar surface area (TPSA) is 112 Å². The molecule has 0 spiro atoms. The minimum atomic E-state index is -0.190. The summed E-state index contributed by atoms with van der Waals surface area (Å²) < 4.78 is 34.4. The molecule has 3 heterocycles. The van der Waals surface area contributed by atoms with Gasteiger partial charge in [0, 0.05) is 39.0 Å². The second-order valence-electron chi connectivity index (χ2n) is 11.1. The van der Waals surface area contributed by atoms with Crippen molar-refractivity contribution in [3.05, 3.63) is 70.8 Å². The van der Waals surface area contributed by atoms with Crippen LogP contribution in [0.2, 0.25) is 0 Å². The van der Waals surface area contributed by atoms with Crippen LogP contribution in [0.5, 0.6) is 23.0 Å². The van der Waals surface area contributed by atoms with E-state index in [9.17, 15) is 9.59 Å². The van der Waals surface area contributed by atoms with Gasteiger partial charge >= 0.3 is 0 Å². The molecule has 0 N–H and O–H groups in total. The number of carbonyl (C=O) groups is 2. The summed E-state index contributed by atoms with van der Waals surface area (Å²) in [6, 6.07) is 14.6. The molecule has 45 heavy (non-hydrogen) atoms. The summed E-state index contributed by atoms with van der Waals surface area (Å²) in [4.78, 5) is 36.0. The van der Waals surface area contributed by atoms with Crippen molar-refractivity contribution in [2.75, 3.05) is 66.4 Å². The molecule has 0 saturated carbocycles. The molecule has 12 nitrogen and oxygen atoms in total. The number of hydrogen-bond donors (Lipinski definition) is 0. The van der Waals surface area contributed by atoms with Gasteiger partial charge < -0.3 is 43.1 Å². The Morgan fingerprint density at radius 1 is 0.933 bits per heavy atom. The number of amides is 2. The predicted molar refractivity (Wildman–Crippen MR) is 166 cm³/mol. The molecule has 3 aromatic rings. The van der Waals surface area contributed by atoms with Crippen molar-refractivity contribution in [3.63, 3.8) is 0 Å². The summed E-state index contributed by atoms with van der Waals surface area (Å²) in [5.41, 5.74) is 4.05. The van der Waals surface area contributed by atoms with Crippen LogP contribution >= 0.6 is 0 Å². The van der Waals surface area contributed by atoms with Gasteiger partial charge in [-0.05, 0) is 29.3 Å². The van der Waals surface area contributed by atoms with Gasteiger partial charge in [-0.25, -0.2) is 0 Å². The third-order valence-electron chi connectivity index (χ3n) is 7.89. The number of fused-ring (bicyclic) bond motifs is 2. The van der Waals surface area contributed by atoms with E-state index in [4.69, 9.17) is 28.4 Å². The first-order valence-electron chi connectivity index (χ1n) is 14.6. The van der Waals surface area contributed by atoms with Gasteiger partial charge in [-0.1, -0.05) is 18.2 Å². The zero-order valence-electron chi connectivity index (χ0n) is 25.8. The van der Waals surface area contributed by atoms with Crippen molar-refractivity contribution in [2.45, 2.75) is 19.3 Å². The van der Waals surface area contributed by atoms with Gasteiger partial charge in [0.25, 0.3) is 11.8 Å². The molecule has 0 aliphatic carbocycles. The Hall–Kier alpha value is -4.81. The summed E-state index contributed by atoms with van der Waals surface area (Å²) in [6.07, 6.45) is 1.74. The molecule has 2 amide bonds. The Balaban J connectivity index is 1.16. The Morgan fingerprint density at radius 3 is 2.31 bits per heavy atom. The molecule has 2 fully saturated rings. The van der Waals surface area contributed by atoms with Crippen LogP contribution in [0.25, 0.3) is 0 Å². The fourth-order valence-electron chi connectivity index (χ4n) is 5.45. The van der Waals surface area contributed by atoms with Gasteiger partial charge in [0.05, 0.1) is 56.0 Å². The number of benzene rings is 3. The van der Waals surface area contributed by atoms with E-state index in [1.165, 1.54) is 7.11 Å². The third kappa shape index (κ3) is 6.24. The van der Waals surface area contributed by atoms with Crippen molar-refractivity contribution in [1.82, 2.24) is 9.80 Å². The van der Waals surface area contributed by atoms with Gasteiger partial charge in [0.1, 0.15) is 26.7 Å². The van der Waals surface area contributed by atoms with Crippen LogP contribution in [0.3, 0.4) is 0 Å². The van der Waals surface area contributed by atoms with E-state index in [-0.39, 0.29) is 44.5 Å². The zero-order valence-corrected chi connectivity index (χ0v) is 25.8. The summed E-state index contributed by atoms with van der Waals surface area (Å²) in [5.74, 6) is 1.64. The van der Waals surface area contributed by atoms with Crippen LogP contribution in [0.1, 0.15) is 31.8 Å². The summed E-state index contributed by atoms with van der Waals surface area (Å²) in [5, 5.41) is 0. The molecule has 0 bridgehead atoms. The number of nitrogens with zero attached hydrogens (tertiary/aromatic N) is 4. The van der Waals surface area contributed by atoms with E-state index < -0.39 is 0 Å². The molecular formula is C33H36N4O8. The first kappa shape index (κ1) is 30.2. The highest BCUT2D eigenvalue weighted by atomic mass is 16.5. The number of aliphatic imine (C=N–C) groups is 1. The lowest BCUT2D eigenvalue weighted by Gasteiger charge is -2.23. The Labute approximate surface area is 261 Å². The van der Waals surface area contributed by atoms with Crippen LogP contribution in [0.15, 0.2) is 53.5 Å². The predicted octanol–water partition coefficient (Wildman–Crippen LogP) is 3.87. The number of hydrogen-bond acceptors (Lipinski definition) is 10. The van der Waals surface area contributed by atoms with E-state index in [2.05, 4.69) is 4.99 Å². The largest absolute Gasteiger partial charge is 0.493 e. The van der Waals surface area contributed by atoms with Gasteiger partial charge in [-0.3, -0.25) is 14.6 Å². The maximum atomic E-state index is 13.2. The second kappa shape index (κ2) is 13.0. The number of anilines is 1. The molecule has 0 unspecified atom stereocenters. The highest BCUT2D eigenvalue weighted by Crippen LogP contribution is 2.38. The smallest absolute Gasteiger partial charge is 0.258 e. The zero-order chi connectivity index (χ0) is 31.5. The minimum Gasteiger partial charge on any atom is -0.493 e. The first-order chi connectivity index (χ1) is 21.9. The summed E-state index contributed by atoms with van der Waals surface area (Å²) in [6.45, 7) is 2.53. The van der Waals surface area contributed by atoms with Crippen molar-refractivity contribution in [2.24, 2.45) is 4.99 Å². The molecule has 0 radical (unpaired) electrons. The monoisotopic (exact) mass is 616 g/mol. The SMILES string of the molecule is COc1cc2c(cc1OCc1cccc(COc3cc(N(C)C)c(C(=O)N4CCOC4)cc3OC)c1)N=C[C@@H]1COCN1C2=O. The second-order valence-corrected chi connectivity index (χ2v) is 11.1. The number of rotatable bonds is 10. The minimum absolute atomic E-state index is 0.117. The fraction of sp³-hybridized carbons (Fsp3) is 0.364. The highest BCUT2D eigenvalue weighted by Gasteiger charge is 2.33. The molecule has 1 atom stereocenters. The molecule has 0 aromatic heterocycles. The van der Waals surface area contributed by atoms with Crippen LogP contribution in [0.4, 0.5) is 11.4 Å². The quantitative estimate of drug-likeness (QED) is 0.335. The lowest BCUT2D eigenvalue weighted by molar-refractivity contribution is 0.0679. The highest BCUT2D eigenvalue weighted by molar-refractivity contribution is 6.03. The Bertz CT molecular complexity index is 1620. The lowest BCUT2D eigenvalue weighted by Crippen LogP contribution is -2.36. The number of carbonyl (C=O) groups excluding carboxylic acids is 2. The average Bonchev–Trinajstić information content (AvgIpc) is 3.75. The molecule has 2 saturated heterocycles. The number of methoxy groups -OCH3 is 2. The van der Waals surface area contributed by atoms with Crippen molar-refractivity contribution >= 4 is 29.4 Å². The van der Waals surface area contributed by atoms with Crippen LogP contribution in [-0.4, -0.2) is 95.4 Å². The van der Waals surface area contributed by atoms with Gasteiger partial charge in [0.15, 0.2) is 23.0 Å². The number of ether oxygens (including phenoxy) is 6. The molecular weight excluding hydrogens is 580 g/mol. The van der Waals surface area contributed by atoms with Crippen LogP contribution in [0, 0.1) is 0 Å². The summed E-state index contributed by atoms with van der Waals surface area (Å²) in [7, 11) is 6.86. The summed E-state index contributed by atoms with van der Waals surface area (Å²) >= 11 is 0. The lowest BCUT2D eigenvalue weighted by atomic mass is 10.1. The Kier molecular flexibility index (Phi) is 8.76. The molecule has 3 aromatic carbocycles. The van der Waals surface area contributed by atoms with Crippen molar-refractivity contribution in [3.8, 4) is 23.0 Å². The van der Waals surface area contributed by atoms with E-state index >= 15 is 0 Å². The van der Waals surface area contributed by atoms with Crippen LogP contribution < -0.4 is 23.8 Å². The Morgan fingerprint density at radius 2 is 1.64 bits per heavy atom. The maximum Gasteiger partial charge on any atom is 0.258 e. The average molecular weight is 617 g/mol. The molecule has 236 valence electrons. The molecule has 6 rings (SSSR count). The van der Waals surface area contributed by atoms with Crippen molar-refractivity contribution < 1.29 is 38.0 Å². The standard InChI is InChI=1S/C33H36N4O8/c1-35(2)27-14-31(29(41-4)12-25(27)32(38)36-8-9-42-19-36)45-17-22-7-5-6-21(10-22)16-44-30-13-26-24(11-28(30)40-3)33(39)37-20-43-18-23(37)15-34-26/h5-7,10-15,23H,8-9,16-20H2,1-4H3/t23-/m1/s1. The van der Waals surface area contributed by atoms with Gasteiger partial charge in [-0.2, -0.15) is 0 Å². The first-order valence-corrected chi connectivity index (χ1v) is 14.6. The van der Waals surface area contributed by atoms with Gasteiger partial charge in [0.2, 0.25) is 0 Å². The molecule has 3 aliphatic heterocycles. The van der Waals surface area contributed by atoms with Crippen molar-refractivity contribution in [1.29, 1.82) is 0 Å². The normalized spacial score (nSPS) is 17.1. The molecule has 3 aliphatic rings. The fourth-order valence-corrected chi connectivity index (χ4v) is 5.45. The van der Waals surface area contributed by atoms with E-state index in [0.29, 0.717) is 59.6 Å². The van der Waals surface area contributed by atoms with E-state index in [0.717, 1.165) is 16.8 Å². The van der Waals surface area contributed by atoms with E-state index in [1.807, 2.05) is 49.3 Å². The van der Waals surface area contributed by atoms with Crippen LogP contribution in [-0.2, 0) is 22.7 Å². The maximum absolute atomic E-state index is 13.2. The van der Waals surface area contributed by atoms with Gasteiger partial charge in [-0.15, -0.1) is 0 Å².